The van der Waals surface area contributed by atoms with Gasteiger partial charge < -0.3 is 19.3 Å². The SMILES string of the molecule is CC[C@@H](Oc1ccc(C)cc1)C(=O)O[C@H]1CCC=C2C=C[C@H](C)[C@H](CC[C@H]3C[C@@H](O)CC(=O)O3)[C@H]21. The molecule has 3 aliphatic rings. The van der Waals surface area contributed by atoms with E-state index in [1.165, 1.54) is 5.57 Å². The quantitative estimate of drug-likeness (QED) is 0.521. The third-order valence-electron chi connectivity index (χ3n) is 7.60. The lowest BCUT2D eigenvalue weighted by atomic mass is 9.66. The molecule has 190 valence electrons. The summed E-state index contributed by atoms with van der Waals surface area (Å²) in [6, 6.07) is 7.69. The van der Waals surface area contributed by atoms with Crippen LogP contribution in [0.1, 0.15) is 64.4 Å². The molecule has 1 aromatic rings. The Hall–Kier alpha value is -2.60. The molecule has 1 heterocycles. The second kappa shape index (κ2) is 11.4. The van der Waals surface area contributed by atoms with Crippen LogP contribution in [0, 0.1) is 24.7 Å². The number of aryl methyl sites for hydroxylation is 1. The molecule has 0 saturated carbocycles. The maximum atomic E-state index is 13.2. The molecule has 4 rings (SSSR count). The summed E-state index contributed by atoms with van der Waals surface area (Å²) in [4.78, 5) is 25.0. The van der Waals surface area contributed by atoms with Crippen molar-refractivity contribution >= 4 is 11.9 Å². The molecule has 0 radical (unpaired) electrons. The number of cyclic esters (lactones) is 1. The summed E-state index contributed by atoms with van der Waals surface area (Å²) >= 11 is 0. The van der Waals surface area contributed by atoms with Crippen molar-refractivity contribution in [1.29, 1.82) is 0 Å². The molecule has 35 heavy (non-hydrogen) atoms. The van der Waals surface area contributed by atoms with Crippen LogP contribution in [0.2, 0.25) is 0 Å². The monoisotopic (exact) mass is 482 g/mol. The lowest BCUT2D eigenvalue weighted by Gasteiger charge is -2.42. The topological polar surface area (TPSA) is 82.1 Å². The molecule has 1 fully saturated rings. The zero-order valence-corrected chi connectivity index (χ0v) is 21.0. The lowest BCUT2D eigenvalue weighted by Crippen LogP contribution is -2.42. The Morgan fingerprint density at radius 3 is 2.71 bits per heavy atom. The molecular weight excluding hydrogens is 444 g/mol. The molecule has 1 saturated heterocycles. The van der Waals surface area contributed by atoms with E-state index in [1.807, 2.05) is 38.1 Å². The van der Waals surface area contributed by atoms with Gasteiger partial charge in [-0.25, -0.2) is 4.79 Å². The fourth-order valence-corrected chi connectivity index (χ4v) is 5.67. The van der Waals surface area contributed by atoms with Crippen LogP contribution in [0.3, 0.4) is 0 Å². The first-order chi connectivity index (χ1) is 16.8. The smallest absolute Gasteiger partial charge is 0.347 e. The second-order valence-corrected chi connectivity index (χ2v) is 10.3. The molecule has 0 spiro atoms. The normalized spacial score (nSPS) is 31.1. The fraction of sp³-hybridized carbons (Fsp3) is 0.586. The van der Waals surface area contributed by atoms with Gasteiger partial charge in [0.2, 0.25) is 0 Å². The summed E-state index contributed by atoms with van der Waals surface area (Å²) in [5.74, 6) is 0.708. The summed E-state index contributed by atoms with van der Waals surface area (Å²) in [7, 11) is 0. The first-order valence-electron chi connectivity index (χ1n) is 13.0. The van der Waals surface area contributed by atoms with E-state index in [0.717, 1.165) is 24.8 Å². The van der Waals surface area contributed by atoms with E-state index in [0.29, 0.717) is 30.9 Å². The summed E-state index contributed by atoms with van der Waals surface area (Å²) in [6.07, 6.45) is 9.22. The predicted molar refractivity (Wildman–Crippen MR) is 133 cm³/mol. The van der Waals surface area contributed by atoms with Gasteiger partial charge in [0.05, 0.1) is 12.5 Å². The highest BCUT2D eigenvalue weighted by Crippen LogP contribution is 2.44. The van der Waals surface area contributed by atoms with Crippen molar-refractivity contribution < 1.29 is 28.9 Å². The van der Waals surface area contributed by atoms with Gasteiger partial charge in [0, 0.05) is 12.3 Å². The van der Waals surface area contributed by atoms with Gasteiger partial charge in [-0.1, -0.05) is 49.8 Å². The third kappa shape index (κ3) is 6.35. The average Bonchev–Trinajstić information content (AvgIpc) is 2.82. The van der Waals surface area contributed by atoms with Gasteiger partial charge in [-0.2, -0.15) is 0 Å². The van der Waals surface area contributed by atoms with E-state index in [2.05, 4.69) is 25.2 Å². The Morgan fingerprint density at radius 1 is 1.23 bits per heavy atom. The minimum Gasteiger partial charge on any atom is -0.479 e. The van der Waals surface area contributed by atoms with Gasteiger partial charge in [0.15, 0.2) is 6.10 Å². The van der Waals surface area contributed by atoms with E-state index >= 15 is 0 Å². The van der Waals surface area contributed by atoms with Gasteiger partial charge in [0.25, 0.3) is 0 Å². The van der Waals surface area contributed by atoms with Gasteiger partial charge in [0.1, 0.15) is 18.0 Å². The van der Waals surface area contributed by atoms with Crippen molar-refractivity contribution in [3.05, 3.63) is 53.6 Å². The first kappa shape index (κ1) is 25.5. The maximum Gasteiger partial charge on any atom is 0.347 e. The number of hydrogen-bond donors (Lipinski definition) is 1. The second-order valence-electron chi connectivity index (χ2n) is 10.3. The zero-order valence-electron chi connectivity index (χ0n) is 21.0. The highest BCUT2D eigenvalue weighted by molar-refractivity contribution is 5.75. The number of hydrogen-bond acceptors (Lipinski definition) is 6. The number of aliphatic hydroxyl groups excluding tert-OH is 1. The van der Waals surface area contributed by atoms with E-state index < -0.39 is 12.2 Å². The number of carbonyl (C=O) groups is 2. The zero-order chi connectivity index (χ0) is 24.9. The van der Waals surface area contributed by atoms with Crippen molar-refractivity contribution in [2.75, 3.05) is 0 Å². The van der Waals surface area contributed by atoms with Crippen molar-refractivity contribution in [2.24, 2.45) is 17.8 Å². The molecule has 2 aliphatic carbocycles. The van der Waals surface area contributed by atoms with Gasteiger partial charge in [-0.3, -0.25) is 4.79 Å². The Balaban J connectivity index is 1.43. The minimum absolute atomic E-state index is 0.0792. The molecule has 1 aromatic carbocycles. The van der Waals surface area contributed by atoms with Crippen LogP contribution in [0.25, 0.3) is 0 Å². The van der Waals surface area contributed by atoms with Gasteiger partial charge in [-0.05, 0) is 68.6 Å². The number of aliphatic hydroxyl groups is 1. The highest BCUT2D eigenvalue weighted by Gasteiger charge is 2.41. The van der Waals surface area contributed by atoms with Crippen LogP contribution in [-0.2, 0) is 19.1 Å². The van der Waals surface area contributed by atoms with Gasteiger partial charge in [-0.15, -0.1) is 0 Å². The number of carbonyl (C=O) groups excluding carboxylic acids is 2. The molecule has 0 aromatic heterocycles. The highest BCUT2D eigenvalue weighted by atomic mass is 16.6. The average molecular weight is 483 g/mol. The van der Waals surface area contributed by atoms with Crippen LogP contribution in [-0.4, -0.2) is 41.5 Å². The van der Waals surface area contributed by atoms with Crippen LogP contribution in [0.5, 0.6) is 5.75 Å². The van der Waals surface area contributed by atoms with Gasteiger partial charge >= 0.3 is 11.9 Å². The molecule has 6 nitrogen and oxygen atoms in total. The lowest BCUT2D eigenvalue weighted by molar-refractivity contribution is -0.164. The molecule has 1 N–H and O–H groups in total. The predicted octanol–water partition coefficient (Wildman–Crippen LogP) is 5.07. The molecule has 6 heteroatoms. The number of fused-ring (bicyclic) bond motifs is 1. The van der Waals surface area contributed by atoms with Crippen LogP contribution >= 0.6 is 0 Å². The van der Waals surface area contributed by atoms with E-state index in [-0.39, 0.29) is 42.4 Å². The summed E-state index contributed by atoms with van der Waals surface area (Å²) in [5.41, 5.74) is 2.36. The Morgan fingerprint density at radius 2 is 2.00 bits per heavy atom. The molecule has 7 atom stereocenters. The summed E-state index contributed by atoms with van der Waals surface area (Å²) in [6.45, 7) is 6.14. The standard InChI is InChI=1S/C29H38O6/c1-4-25(33-22-12-8-18(2)9-13-22)29(32)35-26-7-5-6-20-11-10-19(3)24(28(20)26)15-14-23-16-21(30)17-27(31)34-23/h6,8-13,19,21,23-26,28,30H,4-5,7,14-17H2,1-3H3/t19-,21+,23-,24-,25+,26-,28-/m0/s1. The number of ether oxygens (including phenoxy) is 3. The molecule has 0 bridgehead atoms. The van der Waals surface area contributed by atoms with E-state index in [9.17, 15) is 14.7 Å². The van der Waals surface area contributed by atoms with Crippen LogP contribution in [0.4, 0.5) is 0 Å². The summed E-state index contributed by atoms with van der Waals surface area (Å²) < 4.78 is 17.6. The molecular formula is C29H38O6. The van der Waals surface area contributed by atoms with E-state index in [4.69, 9.17) is 14.2 Å². The minimum atomic E-state index is -0.648. The van der Waals surface area contributed by atoms with Crippen LogP contribution in [0.15, 0.2) is 48.1 Å². The third-order valence-corrected chi connectivity index (χ3v) is 7.60. The van der Waals surface area contributed by atoms with Crippen molar-refractivity contribution in [1.82, 2.24) is 0 Å². The van der Waals surface area contributed by atoms with Crippen LogP contribution < -0.4 is 4.74 Å². The van der Waals surface area contributed by atoms with E-state index in [1.54, 1.807) is 0 Å². The largest absolute Gasteiger partial charge is 0.479 e. The number of esters is 2. The molecule has 0 amide bonds. The first-order valence-corrected chi connectivity index (χ1v) is 13.0. The Bertz CT molecular complexity index is 948. The van der Waals surface area contributed by atoms with Crippen molar-refractivity contribution in [2.45, 2.75) is 90.1 Å². The van der Waals surface area contributed by atoms with Crippen molar-refractivity contribution in [3.63, 3.8) is 0 Å². The summed E-state index contributed by atoms with van der Waals surface area (Å²) in [5, 5.41) is 9.97. The fourth-order valence-electron chi connectivity index (χ4n) is 5.67. The number of rotatable bonds is 8. The number of allylic oxidation sites excluding steroid dienone is 3. The Labute approximate surface area is 208 Å². The number of benzene rings is 1. The molecule has 0 unspecified atom stereocenters. The molecule has 1 aliphatic heterocycles. The van der Waals surface area contributed by atoms with Crippen molar-refractivity contribution in [3.8, 4) is 5.75 Å². The Kier molecular flexibility index (Phi) is 8.32. The maximum absolute atomic E-state index is 13.2.